The first-order chi connectivity index (χ1) is 15.2. The molecule has 156 valence electrons. The Morgan fingerprint density at radius 2 is 1.87 bits per heavy atom. The van der Waals surface area contributed by atoms with Gasteiger partial charge in [-0.25, -0.2) is 9.97 Å². The van der Waals surface area contributed by atoms with Crippen LogP contribution >= 0.6 is 0 Å². The lowest BCUT2D eigenvalue weighted by atomic mass is 10.1. The number of anilines is 1. The molecular weight excluding hydrogens is 392 g/mol. The Kier molecular flexibility index (Phi) is 5.33. The zero-order chi connectivity index (χ0) is 21.0. The van der Waals surface area contributed by atoms with E-state index in [1.165, 1.54) is 6.39 Å². The van der Waals surface area contributed by atoms with Crippen molar-refractivity contribution in [3.05, 3.63) is 72.9 Å². The Labute approximate surface area is 179 Å². The largest absolute Gasteiger partial charge is 0.490 e. The van der Waals surface area contributed by atoms with Gasteiger partial charge >= 0.3 is 0 Å². The number of ether oxygens (including phenoxy) is 1. The van der Waals surface area contributed by atoms with Crippen LogP contribution in [0.2, 0.25) is 0 Å². The molecule has 0 bridgehead atoms. The maximum Gasteiger partial charge on any atom is 0.256 e. The molecule has 7 heteroatoms. The molecule has 0 radical (unpaired) electrons. The third-order valence-electron chi connectivity index (χ3n) is 5.39. The molecule has 5 rings (SSSR count). The van der Waals surface area contributed by atoms with E-state index in [1.807, 2.05) is 36.4 Å². The van der Waals surface area contributed by atoms with Gasteiger partial charge in [0.05, 0.1) is 6.20 Å². The van der Waals surface area contributed by atoms with E-state index in [-0.39, 0.29) is 12.0 Å². The van der Waals surface area contributed by atoms with Gasteiger partial charge in [-0.2, -0.15) is 0 Å². The summed E-state index contributed by atoms with van der Waals surface area (Å²) in [4.78, 5) is 21.0. The highest BCUT2D eigenvalue weighted by Crippen LogP contribution is 2.25. The molecule has 1 fully saturated rings. The lowest BCUT2D eigenvalue weighted by Crippen LogP contribution is -2.34. The fourth-order valence-electron chi connectivity index (χ4n) is 3.70. The van der Waals surface area contributed by atoms with Gasteiger partial charge < -0.3 is 19.8 Å². The third-order valence-corrected chi connectivity index (χ3v) is 5.39. The Morgan fingerprint density at radius 3 is 2.65 bits per heavy atom. The molecule has 0 spiro atoms. The quantitative estimate of drug-likeness (QED) is 0.507. The Hall–Kier alpha value is -3.71. The van der Waals surface area contributed by atoms with Crippen LogP contribution in [-0.2, 0) is 0 Å². The van der Waals surface area contributed by atoms with Crippen LogP contribution in [0.4, 0.5) is 5.82 Å². The molecule has 2 aromatic carbocycles. The molecule has 31 heavy (non-hydrogen) atoms. The van der Waals surface area contributed by atoms with E-state index in [9.17, 15) is 4.79 Å². The second-order valence-corrected chi connectivity index (χ2v) is 7.54. The molecule has 2 aromatic heterocycles. The van der Waals surface area contributed by atoms with Crippen LogP contribution < -0.4 is 15.4 Å². The Bertz CT molecular complexity index is 1180. The second kappa shape index (κ2) is 8.57. The highest BCUT2D eigenvalue weighted by Gasteiger charge is 2.15. The van der Waals surface area contributed by atoms with Gasteiger partial charge in [0.15, 0.2) is 12.2 Å². The van der Waals surface area contributed by atoms with Gasteiger partial charge in [0.25, 0.3) is 5.91 Å². The van der Waals surface area contributed by atoms with Crippen LogP contribution in [0.5, 0.6) is 5.75 Å². The normalized spacial score (nSPS) is 14.5. The number of pyridine rings is 1. The van der Waals surface area contributed by atoms with Crippen molar-refractivity contribution >= 4 is 22.5 Å². The second-order valence-electron chi connectivity index (χ2n) is 7.54. The van der Waals surface area contributed by atoms with Crippen molar-refractivity contribution in [2.45, 2.75) is 18.9 Å². The third kappa shape index (κ3) is 4.41. The Morgan fingerprint density at radius 1 is 1.03 bits per heavy atom. The minimum atomic E-state index is -0.216. The standard InChI is InChI=1S/C24H22N4O3/c29-24(16-3-5-20(6-4-16)31-21-7-9-25-10-8-21)28-23-12-19-11-17(22-14-26-15-30-22)1-2-18(19)13-27-23/h1-6,11-15,21,25H,7-10H2,(H,27,28,29). The number of hydrogen-bond donors (Lipinski definition) is 2. The first-order valence-electron chi connectivity index (χ1n) is 10.3. The zero-order valence-electron chi connectivity index (χ0n) is 16.9. The summed E-state index contributed by atoms with van der Waals surface area (Å²) < 4.78 is 11.4. The van der Waals surface area contributed by atoms with Gasteiger partial charge in [0.1, 0.15) is 17.7 Å². The van der Waals surface area contributed by atoms with Crippen LogP contribution in [0.1, 0.15) is 23.2 Å². The van der Waals surface area contributed by atoms with Crippen molar-refractivity contribution in [1.29, 1.82) is 0 Å². The molecule has 1 aliphatic heterocycles. The van der Waals surface area contributed by atoms with Crippen LogP contribution in [0.25, 0.3) is 22.1 Å². The smallest absolute Gasteiger partial charge is 0.256 e. The van der Waals surface area contributed by atoms with Gasteiger partial charge in [0, 0.05) is 22.7 Å². The maximum absolute atomic E-state index is 12.7. The summed E-state index contributed by atoms with van der Waals surface area (Å²) in [6, 6.07) is 15.0. The first kappa shape index (κ1) is 19.3. The predicted molar refractivity (Wildman–Crippen MR) is 118 cm³/mol. The number of piperidine rings is 1. The molecule has 0 atom stereocenters. The maximum atomic E-state index is 12.7. The van der Waals surface area contributed by atoms with E-state index in [2.05, 4.69) is 20.6 Å². The zero-order valence-corrected chi connectivity index (χ0v) is 16.9. The molecule has 2 N–H and O–H groups in total. The number of nitrogens with one attached hydrogen (secondary N) is 2. The lowest BCUT2D eigenvalue weighted by molar-refractivity contribution is 0.102. The summed E-state index contributed by atoms with van der Waals surface area (Å²) in [5.74, 6) is 1.75. The lowest BCUT2D eigenvalue weighted by Gasteiger charge is -2.23. The average molecular weight is 414 g/mol. The summed E-state index contributed by atoms with van der Waals surface area (Å²) in [6.07, 6.45) is 7.03. The SMILES string of the molecule is O=C(Nc1cc2cc(-c3cnco3)ccc2cn1)c1ccc(OC2CCNCC2)cc1. The van der Waals surface area contributed by atoms with Crippen molar-refractivity contribution in [3.8, 4) is 17.1 Å². The van der Waals surface area contributed by atoms with Gasteiger partial charge in [0.2, 0.25) is 0 Å². The van der Waals surface area contributed by atoms with E-state index in [4.69, 9.17) is 9.15 Å². The summed E-state index contributed by atoms with van der Waals surface area (Å²) in [6.45, 7) is 1.95. The predicted octanol–water partition coefficient (Wildman–Crippen LogP) is 4.27. The van der Waals surface area contributed by atoms with Crippen LogP contribution in [0, 0.1) is 0 Å². The molecule has 3 heterocycles. The molecule has 0 saturated carbocycles. The number of nitrogens with zero attached hydrogens (tertiary/aromatic N) is 2. The van der Waals surface area contributed by atoms with Crippen LogP contribution in [0.3, 0.4) is 0 Å². The fourth-order valence-corrected chi connectivity index (χ4v) is 3.70. The van der Waals surface area contributed by atoms with Crippen LogP contribution in [-0.4, -0.2) is 35.1 Å². The van der Waals surface area contributed by atoms with Crippen molar-refractivity contribution in [2.75, 3.05) is 18.4 Å². The highest BCUT2D eigenvalue weighted by atomic mass is 16.5. The number of rotatable bonds is 5. The van der Waals surface area contributed by atoms with Gasteiger partial charge in [-0.3, -0.25) is 4.79 Å². The van der Waals surface area contributed by atoms with Gasteiger partial charge in [-0.05, 0) is 67.7 Å². The number of benzene rings is 2. The number of amides is 1. The molecule has 1 saturated heterocycles. The average Bonchev–Trinajstić information content (AvgIpc) is 3.35. The molecule has 4 aromatic rings. The van der Waals surface area contributed by atoms with Gasteiger partial charge in [-0.15, -0.1) is 0 Å². The van der Waals surface area contributed by atoms with Crippen molar-refractivity contribution < 1.29 is 13.9 Å². The van der Waals surface area contributed by atoms with Crippen molar-refractivity contribution in [1.82, 2.24) is 15.3 Å². The molecule has 1 aliphatic rings. The van der Waals surface area contributed by atoms with Crippen LogP contribution in [0.15, 0.2) is 71.7 Å². The highest BCUT2D eigenvalue weighted by molar-refractivity contribution is 6.04. The van der Waals surface area contributed by atoms with Crippen molar-refractivity contribution in [3.63, 3.8) is 0 Å². The fraction of sp³-hybridized carbons (Fsp3) is 0.208. The molecule has 0 unspecified atom stereocenters. The van der Waals surface area contributed by atoms with E-state index in [1.54, 1.807) is 24.5 Å². The summed E-state index contributed by atoms with van der Waals surface area (Å²) in [5, 5.41) is 8.11. The van der Waals surface area contributed by atoms with Gasteiger partial charge in [-0.1, -0.05) is 12.1 Å². The summed E-state index contributed by atoms with van der Waals surface area (Å²) in [7, 11) is 0. The number of carbonyl (C=O) groups is 1. The number of oxazole rings is 1. The first-order valence-corrected chi connectivity index (χ1v) is 10.3. The number of aromatic nitrogens is 2. The molecule has 7 nitrogen and oxygen atoms in total. The molecular formula is C24H22N4O3. The number of carbonyl (C=O) groups excluding carboxylic acids is 1. The van der Waals surface area contributed by atoms with E-state index in [0.29, 0.717) is 17.1 Å². The summed E-state index contributed by atoms with van der Waals surface area (Å²) >= 11 is 0. The Balaban J connectivity index is 1.29. The van der Waals surface area contributed by atoms with E-state index >= 15 is 0 Å². The number of fused-ring (bicyclic) bond motifs is 1. The minimum Gasteiger partial charge on any atom is -0.490 e. The molecule has 1 amide bonds. The summed E-state index contributed by atoms with van der Waals surface area (Å²) in [5.41, 5.74) is 1.47. The number of hydrogen-bond acceptors (Lipinski definition) is 6. The minimum absolute atomic E-state index is 0.216. The van der Waals surface area contributed by atoms with E-state index in [0.717, 1.165) is 48.0 Å². The topological polar surface area (TPSA) is 89.3 Å². The van der Waals surface area contributed by atoms with Crippen molar-refractivity contribution in [2.24, 2.45) is 0 Å². The van der Waals surface area contributed by atoms with E-state index < -0.39 is 0 Å². The monoisotopic (exact) mass is 414 g/mol. The molecule has 0 aliphatic carbocycles.